The van der Waals surface area contributed by atoms with Crippen LogP contribution in [0.5, 0.6) is 0 Å². The van der Waals surface area contributed by atoms with E-state index in [1.54, 1.807) is 13.0 Å². The van der Waals surface area contributed by atoms with Crippen molar-refractivity contribution in [3.8, 4) is 0 Å². The second kappa shape index (κ2) is 7.59. The average molecular weight is 447 g/mol. The minimum Gasteiger partial charge on any atom is -0.507 e. The largest absolute Gasteiger partial charge is 0.507 e. The SMILES string of the molecule is Cc1cc(N2C(=O)C(=O)/C(=C(/O)c3ccc(F)cc3)C2c2ccc(Cl)c(Cl)c2)no1. The lowest BCUT2D eigenvalue weighted by atomic mass is 9.95. The van der Waals surface area contributed by atoms with Crippen LogP contribution in [-0.4, -0.2) is 22.0 Å². The molecule has 0 aliphatic carbocycles. The van der Waals surface area contributed by atoms with Gasteiger partial charge in [0.2, 0.25) is 0 Å². The highest BCUT2D eigenvalue weighted by Gasteiger charge is 2.48. The Hall–Kier alpha value is -3.16. The smallest absolute Gasteiger partial charge is 0.301 e. The Bertz CT molecular complexity index is 1200. The van der Waals surface area contributed by atoms with Gasteiger partial charge in [-0.25, -0.2) is 4.39 Å². The van der Waals surface area contributed by atoms with Crippen LogP contribution in [0.1, 0.15) is 22.9 Å². The van der Waals surface area contributed by atoms with E-state index < -0.39 is 29.3 Å². The summed E-state index contributed by atoms with van der Waals surface area (Å²) in [5.74, 6) is -2.25. The number of aryl methyl sites for hydroxylation is 1. The van der Waals surface area contributed by atoms with Gasteiger partial charge in [-0.15, -0.1) is 0 Å². The third-order valence-electron chi connectivity index (χ3n) is 4.68. The second-order valence-electron chi connectivity index (χ2n) is 6.65. The molecule has 0 spiro atoms. The lowest BCUT2D eigenvalue weighted by molar-refractivity contribution is -0.132. The van der Waals surface area contributed by atoms with E-state index in [0.29, 0.717) is 11.3 Å². The number of carbonyl (C=O) groups is 2. The van der Waals surface area contributed by atoms with Gasteiger partial charge in [-0.05, 0) is 48.9 Å². The molecule has 1 amide bonds. The van der Waals surface area contributed by atoms with Crippen LogP contribution in [0, 0.1) is 12.7 Å². The van der Waals surface area contributed by atoms with Crippen molar-refractivity contribution in [1.29, 1.82) is 0 Å². The van der Waals surface area contributed by atoms with E-state index in [0.717, 1.165) is 17.0 Å². The monoisotopic (exact) mass is 446 g/mol. The molecule has 0 saturated carbocycles. The Balaban J connectivity index is 1.96. The molecule has 1 aliphatic rings. The first kappa shape index (κ1) is 20.1. The second-order valence-corrected chi connectivity index (χ2v) is 7.46. The zero-order valence-corrected chi connectivity index (χ0v) is 16.9. The third-order valence-corrected chi connectivity index (χ3v) is 5.42. The molecule has 9 heteroatoms. The summed E-state index contributed by atoms with van der Waals surface area (Å²) < 4.78 is 18.4. The van der Waals surface area contributed by atoms with Gasteiger partial charge < -0.3 is 9.63 Å². The van der Waals surface area contributed by atoms with Gasteiger partial charge in [0.1, 0.15) is 17.3 Å². The van der Waals surface area contributed by atoms with Crippen molar-refractivity contribution in [3.63, 3.8) is 0 Å². The van der Waals surface area contributed by atoms with E-state index in [1.165, 1.54) is 30.3 Å². The number of aromatic nitrogens is 1. The zero-order valence-electron chi connectivity index (χ0n) is 15.4. The number of aliphatic hydroxyl groups is 1. The van der Waals surface area contributed by atoms with E-state index in [1.807, 2.05) is 0 Å². The summed E-state index contributed by atoms with van der Waals surface area (Å²) in [6, 6.07) is 9.95. The summed E-state index contributed by atoms with van der Waals surface area (Å²) in [5, 5.41) is 15.2. The molecule has 2 aromatic carbocycles. The van der Waals surface area contributed by atoms with Crippen LogP contribution in [0.15, 0.2) is 58.6 Å². The van der Waals surface area contributed by atoms with Crippen molar-refractivity contribution in [3.05, 3.63) is 86.9 Å². The highest BCUT2D eigenvalue weighted by atomic mass is 35.5. The highest BCUT2D eigenvalue weighted by Crippen LogP contribution is 2.43. The molecular weight excluding hydrogens is 434 g/mol. The van der Waals surface area contributed by atoms with Crippen LogP contribution in [0.25, 0.3) is 5.76 Å². The molecule has 4 rings (SSSR count). The number of halogens is 3. The maximum atomic E-state index is 13.3. The number of anilines is 1. The molecule has 30 heavy (non-hydrogen) atoms. The van der Waals surface area contributed by atoms with Crippen molar-refractivity contribution in [1.82, 2.24) is 5.16 Å². The van der Waals surface area contributed by atoms with Crippen LogP contribution >= 0.6 is 23.2 Å². The topological polar surface area (TPSA) is 83.6 Å². The molecule has 152 valence electrons. The third kappa shape index (κ3) is 3.36. The number of aliphatic hydroxyl groups excluding tert-OH is 1. The van der Waals surface area contributed by atoms with Gasteiger partial charge in [0, 0.05) is 11.6 Å². The maximum Gasteiger partial charge on any atom is 0.301 e. The number of rotatable bonds is 3. The Labute approximate surface area is 180 Å². The molecule has 2 heterocycles. The molecule has 0 bridgehead atoms. The molecule has 1 aliphatic heterocycles. The van der Waals surface area contributed by atoms with Crippen LogP contribution < -0.4 is 4.90 Å². The Kier molecular flexibility index (Phi) is 5.09. The molecule has 3 aromatic rings. The predicted octanol–water partition coefficient (Wildman–Crippen LogP) is 5.06. The van der Waals surface area contributed by atoms with Gasteiger partial charge in [0.25, 0.3) is 5.78 Å². The summed E-state index contributed by atoms with van der Waals surface area (Å²) in [6.07, 6.45) is 0. The number of nitrogens with zero attached hydrogens (tertiary/aromatic N) is 2. The Morgan fingerprint density at radius 2 is 1.80 bits per heavy atom. The van der Waals surface area contributed by atoms with Crippen LogP contribution in [0.3, 0.4) is 0 Å². The zero-order chi connectivity index (χ0) is 21.6. The fraction of sp³-hybridized carbons (Fsp3) is 0.0952. The average Bonchev–Trinajstić information content (AvgIpc) is 3.25. The molecule has 1 N–H and O–H groups in total. The van der Waals surface area contributed by atoms with Gasteiger partial charge in [-0.3, -0.25) is 14.5 Å². The van der Waals surface area contributed by atoms with Gasteiger partial charge in [-0.2, -0.15) is 0 Å². The van der Waals surface area contributed by atoms with Crippen molar-refractivity contribution in [2.45, 2.75) is 13.0 Å². The summed E-state index contributed by atoms with van der Waals surface area (Å²) in [4.78, 5) is 26.9. The van der Waals surface area contributed by atoms with Gasteiger partial charge in [0.05, 0.1) is 21.7 Å². The number of amides is 1. The van der Waals surface area contributed by atoms with Crippen LogP contribution in [0.4, 0.5) is 10.2 Å². The van der Waals surface area contributed by atoms with E-state index >= 15 is 0 Å². The Morgan fingerprint density at radius 3 is 2.40 bits per heavy atom. The first-order valence-corrected chi connectivity index (χ1v) is 9.48. The van der Waals surface area contributed by atoms with Crippen LogP contribution in [-0.2, 0) is 9.59 Å². The number of carbonyl (C=O) groups excluding carboxylic acids is 2. The van der Waals surface area contributed by atoms with Gasteiger partial charge in [-0.1, -0.05) is 34.4 Å². The molecule has 6 nitrogen and oxygen atoms in total. The highest BCUT2D eigenvalue weighted by molar-refractivity contribution is 6.51. The Morgan fingerprint density at radius 1 is 1.10 bits per heavy atom. The minimum atomic E-state index is -1.05. The summed E-state index contributed by atoms with van der Waals surface area (Å²) in [7, 11) is 0. The van der Waals surface area contributed by atoms with Crippen molar-refractivity contribution < 1.29 is 23.6 Å². The molecule has 1 saturated heterocycles. The first-order valence-electron chi connectivity index (χ1n) is 8.73. The summed E-state index contributed by atoms with van der Waals surface area (Å²) >= 11 is 12.2. The number of hydrogen-bond donors (Lipinski definition) is 1. The van der Waals surface area contributed by atoms with Crippen molar-refractivity contribution >= 4 is 46.5 Å². The summed E-state index contributed by atoms with van der Waals surface area (Å²) in [6.45, 7) is 1.64. The lowest BCUT2D eigenvalue weighted by Gasteiger charge is -2.23. The maximum absolute atomic E-state index is 13.3. The molecule has 1 unspecified atom stereocenters. The molecular formula is C21H13Cl2FN2O4. The molecule has 0 radical (unpaired) electrons. The predicted molar refractivity (Wildman–Crippen MR) is 109 cm³/mol. The lowest BCUT2D eigenvalue weighted by Crippen LogP contribution is -2.29. The normalized spacial score (nSPS) is 18.3. The van der Waals surface area contributed by atoms with Gasteiger partial charge >= 0.3 is 5.91 Å². The summed E-state index contributed by atoms with van der Waals surface area (Å²) in [5.41, 5.74) is 0.411. The number of benzene rings is 2. The standard InChI is InChI=1S/C21H13Cl2FN2O4/c1-10-8-16(25-30-10)26-18(12-4-7-14(22)15(23)9-12)17(20(28)21(26)29)19(27)11-2-5-13(24)6-3-11/h2-9,18,27H,1H3/b19-17+. The number of hydrogen-bond acceptors (Lipinski definition) is 5. The van der Waals surface area contributed by atoms with Gasteiger partial charge in [0.15, 0.2) is 5.82 Å². The van der Waals surface area contributed by atoms with Crippen molar-refractivity contribution in [2.24, 2.45) is 0 Å². The molecule has 1 atom stereocenters. The minimum absolute atomic E-state index is 0.101. The molecule has 1 fully saturated rings. The van der Waals surface area contributed by atoms with E-state index in [-0.39, 0.29) is 27.0 Å². The van der Waals surface area contributed by atoms with Crippen LogP contribution in [0.2, 0.25) is 10.0 Å². The number of ketones is 1. The molecule has 1 aromatic heterocycles. The van der Waals surface area contributed by atoms with E-state index in [9.17, 15) is 19.1 Å². The van der Waals surface area contributed by atoms with E-state index in [2.05, 4.69) is 5.16 Å². The fourth-order valence-corrected chi connectivity index (χ4v) is 3.60. The van der Waals surface area contributed by atoms with E-state index in [4.69, 9.17) is 27.7 Å². The first-order chi connectivity index (χ1) is 14.3. The fourth-order valence-electron chi connectivity index (χ4n) is 3.30. The van der Waals surface area contributed by atoms with Crippen molar-refractivity contribution in [2.75, 3.05) is 4.90 Å². The quantitative estimate of drug-likeness (QED) is 0.345. The number of Topliss-reactive ketones (excluding diaryl/α,β-unsaturated/α-hetero) is 1.